The summed E-state index contributed by atoms with van der Waals surface area (Å²) in [5.74, 6) is 3.49. The van der Waals surface area contributed by atoms with Crippen molar-refractivity contribution in [3.05, 3.63) is 60.7 Å². The minimum Gasteiger partial charge on any atom is -0.493 e. The number of nitrogens with one attached hydrogen (secondary N) is 2. The number of aryl methyl sites for hydroxylation is 1. The van der Waals surface area contributed by atoms with Crippen molar-refractivity contribution in [1.29, 1.82) is 0 Å². The van der Waals surface area contributed by atoms with Gasteiger partial charge in [0.25, 0.3) is 0 Å². The van der Waals surface area contributed by atoms with E-state index >= 15 is 0 Å². The molecule has 0 saturated carbocycles. The van der Waals surface area contributed by atoms with Gasteiger partial charge in [-0.1, -0.05) is 33.1 Å². The summed E-state index contributed by atoms with van der Waals surface area (Å²) in [6.07, 6.45) is 8.09. The molecular formula is C36H47N5O4. The van der Waals surface area contributed by atoms with E-state index in [0.717, 1.165) is 73.4 Å². The van der Waals surface area contributed by atoms with Crippen LogP contribution < -0.4 is 24.8 Å². The van der Waals surface area contributed by atoms with E-state index < -0.39 is 0 Å². The van der Waals surface area contributed by atoms with Crippen LogP contribution >= 0.6 is 0 Å². The molecular weight excluding hydrogens is 566 g/mol. The molecule has 1 aliphatic rings. The zero-order valence-electron chi connectivity index (χ0n) is 27.1. The molecule has 0 unspecified atom stereocenters. The minimum absolute atomic E-state index is 0.237. The Labute approximate surface area is 266 Å². The fourth-order valence-electron chi connectivity index (χ4n) is 5.72. The lowest BCUT2D eigenvalue weighted by molar-refractivity contribution is 0.0998. The molecule has 9 heteroatoms. The Balaban J connectivity index is 1.22. The number of piperidine rings is 1. The smallest absolute Gasteiger partial charge is 0.319 e. The molecule has 1 aliphatic heterocycles. The van der Waals surface area contributed by atoms with Crippen molar-refractivity contribution in [3.63, 3.8) is 0 Å². The van der Waals surface area contributed by atoms with Crippen molar-refractivity contribution < 1.29 is 19.0 Å². The van der Waals surface area contributed by atoms with E-state index in [0.29, 0.717) is 29.5 Å². The minimum atomic E-state index is -0.237. The van der Waals surface area contributed by atoms with Crippen LogP contribution in [0.5, 0.6) is 23.0 Å². The van der Waals surface area contributed by atoms with Gasteiger partial charge >= 0.3 is 6.03 Å². The van der Waals surface area contributed by atoms with E-state index in [1.54, 1.807) is 25.3 Å². The number of methoxy groups -OCH3 is 1. The second-order valence-electron chi connectivity index (χ2n) is 11.7. The molecule has 1 aromatic heterocycles. The fraction of sp³-hybridized carbons (Fsp3) is 0.444. The number of nitrogens with zero attached hydrogens (tertiary/aromatic N) is 3. The van der Waals surface area contributed by atoms with Crippen LogP contribution in [0.4, 0.5) is 10.5 Å². The number of hydrogen-bond donors (Lipinski definition) is 2. The topological polar surface area (TPSA) is 89.9 Å². The van der Waals surface area contributed by atoms with Crippen LogP contribution in [-0.4, -0.2) is 59.9 Å². The van der Waals surface area contributed by atoms with E-state index in [1.165, 1.54) is 19.4 Å². The summed E-state index contributed by atoms with van der Waals surface area (Å²) in [5.41, 5.74) is 3.49. The Kier molecular flexibility index (Phi) is 11.2. The van der Waals surface area contributed by atoms with Crippen molar-refractivity contribution in [3.8, 4) is 34.4 Å². The molecule has 0 bridgehead atoms. The Hall–Kier alpha value is -4.24. The van der Waals surface area contributed by atoms with Gasteiger partial charge in [0, 0.05) is 50.1 Å². The maximum absolute atomic E-state index is 12.2. The normalized spacial score (nSPS) is 14.0. The van der Waals surface area contributed by atoms with Gasteiger partial charge in [-0.25, -0.2) is 9.78 Å². The molecule has 45 heavy (non-hydrogen) atoms. The highest BCUT2D eigenvalue weighted by molar-refractivity contribution is 5.89. The summed E-state index contributed by atoms with van der Waals surface area (Å²) in [4.78, 5) is 19.7. The van der Waals surface area contributed by atoms with Gasteiger partial charge in [0.05, 0.1) is 18.1 Å². The van der Waals surface area contributed by atoms with E-state index in [4.69, 9.17) is 19.2 Å². The molecule has 240 valence electrons. The number of urea groups is 1. The zero-order valence-corrected chi connectivity index (χ0v) is 27.1. The van der Waals surface area contributed by atoms with Gasteiger partial charge in [0.1, 0.15) is 23.4 Å². The van der Waals surface area contributed by atoms with E-state index in [9.17, 15) is 4.79 Å². The number of rotatable bonds is 14. The van der Waals surface area contributed by atoms with Crippen LogP contribution in [0.3, 0.4) is 0 Å². The number of ether oxygens (including phenoxy) is 3. The molecule has 4 aromatic rings. The van der Waals surface area contributed by atoms with Gasteiger partial charge in [-0.3, -0.25) is 0 Å². The molecule has 2 heterocycles. The summed E-state index contributed by atoms with van der Waals surface area (Å²) in [6, 6.07) is 19.2. The number of carbonyl (C=O) groups excluding carboxylic acids is 1. The average Bonchev–Trinajstić information content (AvgIpc) is 3.39. The van der Waals surface area contributed by atoms with Gasteiger partial charge < -0.3 is 34.3 Å². The lowest BCUT2D eigenvalue weighted by Crippen LogP contribution is -2.38. The van der Waals surface area contributed by atoms with Gasteiger partial charge in [0.15, 0.2) is 11.5 Å². The molecule has 0 spiro atoms. The third-order valence-electron chi connectivity index (χ3n) is 8.35. The van der Waals surface area contributed by atoms with Crippen LogP contribution in [0.15, 0.2) is 60.7 Å². The van der Waals surface area contributed by atoms with Gasteiger partial charge in [0.2, 0.25) is 0 Å². The number of fused-ring (bicyclic) bond motifs is 1. The Morgan fingerprint density at radius 3 is 2.40 bits per heavy atom. The first-order valence-corrected chi connectivity index (χ1v) is 16.3. The summed E-state index contributed by atoms with van der Waals surface area (Å²) in [7, 11) is 3.61. The number of benzene rings is 3. The standard InChI is InChI=1S/C36H47N5O4/c1-5-7-9-20-37-36(42)38-27-12-17-33(34(24-27)43-4)45-30-15-16-32-31(25-30)39-35(40(32)3)26-10-13-28(14-11-26)44-29-18-22-41(23-19-29)21-8-6-2/h10-17,24-25,29H,5-9,18-23H2,1-4H3,(H2,37,38,42). The average molecular weight is 614 g/mol. The van der Waals surface area contributed by atoms with Gasteiger partial charge in [-0.05, 0) is 80.8 Å². The maximum Gasteiger partial charge on any atom is 0.319 e. The highest BCUT2D eigenvalue weighted by atomic mass is 16.5. The quantitative estimate of drug-likeness (QED) is 0.140. The number of unbranched alkanes of at least 4 members (excludes halogenated alkanes) is 3. The van der Waals surface area contributed by atoms with Crippen LogP contribution in [0.1, 0.15) is 58.8 Å². The SMILES string of the molecule is CCCCCNC(=O)Nc1ccc(Oc2ccc3c(c2)nc(-c2ccc(OC4CCN(CCCC)CC4)cc2)n3C)c(OC)c1. The molecule has 0 aliphatic carbocycles. The second kappa shape index (κ2) is 15.7. The number of aromatic nitrogens is 2. The van der Waals surface area contributed by atoms with Crippen molar-refractivity contribution in [1.82, 2.24) is 19.8 Å². The third kappa shape index (κ3) is 8.48. The summed E-state index contributed by atoms with van der Waals surface area (Å²) < 4.78 is 20.2. The lowest BCUT2D eigenvalue weighted by Gasteiger charge is -2.32. The monoisotopic (exact) mass is 613 g/mol. The first-order chi connectivity index (χ1) is 22.0. The molecule has 0 radical (unpaired) electrons. The van der Waals surface area contributed by atoms with Crippen LogP contribution in [0.2, 0.25) is 0 Å². The van der Waals surface area contributed by atoms with Crippen molar-refractivity contribution in [2.75, 3.05) is 38.6 Å². The van der Waals surface area contributed by atoms with Crippen molar-refractivity contribution in [2.24, 2.45) is 7.05 Å². The first-order valence-electron chi connectivity index (χ1n) is 16.3. The number of hydrogen-bond acceptors (Lipinski definition) is 6. The zero-order chi connectivity index (χ0) is 31.6. The fourth-order valence-corrected chi connectivity index (χ4v) is 5.72. The lowest BCUT2D eigenvalue weighted by atomic mass is 10.1. The maximum atomic E-state index is 12.2. The van der Waals surface area contributed by atoms with E-state index in [2.05, 4.69) is 46.1 Å². The highest BCUT2D eigenvalue weighted by Gasteiger charge is 2.20. The van der Waals surface area contributed by atoms with E-state index in [-0.39, 0.29) is 12.1 Å². The predicted molar refractivity (Wildman–Crippen MR) is 181 cm³/mol. The number of likely N-dealkylation sites (tertiary alicyclic amines) is 1. The first kappa shape index (κ1) is 32.2. The number of carbonyl (C=O) groups is 1. The van der Waals surface area contributed by atoms with Crippen LogP contribution in [-0.2, 0) is 7.05 Å². The van der Waals surface area contributed by atoms with Gasteiger partial charge in [-0.2, -0.15) is 0 Å². The molecule has 0 atom stereocenters. The molecule has 5 rings (SSSR count). The molecule has 3 aromatic carbocycles. The Morgan fingerprint density at radius 1 is 0.911 bits per heavy atom. The third-order valence-corrected chi connectivity index (χ3v) is 8.35. The Morgan fingerprint density at radius 2 is 1.67 bits per heavy atom. The number of imidazole rings is 1. The summed E-state index contributed by atoms with van der Waals surface area (Å²) in [6.45, 7) is 8.45. The Bertz CT molecular complexity index is 1540. The molecule has 2 N–H and O–H groups in total. The second-order valence-corrected chi connectivity index (χ2v) is 11.7. The molecule has 1 fully saturated rings. The number of amides is 2. The van der Waals surface area contributed by atoms with Crippen molar-refractivity contribution >= 4 is 22.8 Å². The number of anilines is 1. The van der Waals surface area contributed by atoms with Crippen LogP contribution in [0, 0.1) is 0 Å². The van der Waals surface area contributed by atoms with Crippen molar-refractivity contribution in [2.45, 2.75) is 64.9 Å². The molecule has 9 nitrogen and oxygen atoms in total. The highest BCUT2D eigenvalue weighted by Crippen LogP contribution is 2.35. The van der Waals surface area contributed by atoms with Crippen LogP contribution in [0.25, 0.3) is 22.4 Å². The van der Waals surface area contributed by atoms with Gasteiger partial charge in [-0.15, -0.1) is 0 Å². The largest absolute Gasteiger partial charge is 0.493 e. The van der Waals surface area contributed by atoms with E-state index in [1.807, 2.05) is 37.4 Å². The molecule has 1 saturated heterocycles. The predicted octanol–water partition coefficient (Wildman–Crippen LogP) is 8.00. The summed E-state index contributed by atoms with van der Waals surface area (Å²) >= 11 is 0. The summed E-state index contributed by atoms with van der Waals surface area (Å²) in [5, 5.41) is 5.74. The molecule has 2 amide bonds.